The Labute approximate surface area is 125 Å². The monoisotopic (exact) mass is 322 g/mol. The highest BCUT2D eigenvalue weighted by atomic mass is 32.2. The van der Waals surface area contributed by atoms with Crippen LogP contribution in [0, 0.1) is 11.3 Å². The number of pyridine rings is 1. The van der Waals surface area contributed by atoms with E-state index >= 15 is 0 Å². The summed E-state index contributed by atoms with van der Waals surface area (Å²) in [5.41, 5.74) is 0. The second-order valence-corrected chi connectivity index (χ2v) is 7.74. The predicted octanol–water partition coefficient (Wildman–Crippen LogP) is 3.20. The molecule has 0 radical (unpaired) electrons. The van der Waals surface area contributed by atoms with Gasteiger partial charge >= 0.3 is 0 Å². The Balaban J connectivity index is 2.45. The van der Waals surface area contributed by atoms with Crippen LogP contribution >= 0.6 is 23.1 Å². The van der Waals surface area contributed by atoms with Gasteiger partial charge in [-0.3, -0.25) is 0 Å². The second-order valence-electron chi connectivity index (χ2n) is 3.65. The van der Waals surface area contributed by atoms with Crippen LogP contribution in [0.3, 0.4) is 0 Å². The maximum Gasteiger partial charge on any atom is 0.233 e. The quantitative estimate of drug-likeness (QED) is 0.638. The first-order valence-corrected chi connectivity index (χ1v) is 9.02. The van der Waals surface area contributed by atoms with Gasteiger partial charge in [-0.1, -0.05) is 6.07 Å². The molecule has 0 atom stereocenters. The molecule has 2 aromatic heterocycles. The lowest BCUT2D eigenvalue weighted by atomic mass is 10.4. The number of thiophene rings is 1. The fraction of sp³-hybridized carbons (Fsp3) is 0.0769. The molecule has 0 unspecified atom stereocenters. The summed E-state index contributed by atoms with van der Waals surface area (Å²) in [6.07, 6.45) is 4.71. The van der Waals surface area contributed by atoms with Crippen molar-refractivity contribution in [2.24, 2.45) is 0 Å². The van der Waals surface area contributed by atoms with Crippen LogP contribution in [0.15, 0.2) is 50.7 Å². The first kappa shape index (κ1) is 14.8. The van der Waals surface area contributed by atoms with Crippen molar-refractivity contribution in [3.8, 4) is 6.07 Å². The SMILES string of the molecule is CSc1ccc(/C=C(\C#N)S(=O)(=O)c2ccccn2)s1. The fourth-order valence-electron chi connectivity index (χ4n) is 1.44. The van der Waals surface area contributed by atoms with Crippen LogP contribution in [0.4, 0.5) is 0 Å². The number of hydrogen-bond donors (Lipinski definition) is 0. The molecule has 20 heavy (non-hydrogen) atoms. The van der Waals surface area contributed by atoms with E-state index in [9.17, 15) is 8.42 Å². The number of rotatable bonds is 4. The lowest BCUT2D eigenvalue weighted by Gasteiger charge is -2.00. The van der Waals surface area contributed by atoms with E-state index < -0.39 is 9.84 Å². The largest absolute Gasteiger partial charge is 0.244 e. The maximum absolute atomic E-state index is 12.3. The third-order valence-electron chi connectivity index (χ3n) is 2.39. The molecule has 0 amide bonds. The van der Waals surface area contributed by atoms with Gasteiger partial charge in [-0.2, -0.15) is 5.26 Å². The molecular weight excluding hydrogens is 312 g/mol. The van der Waals surface area contributed by atoms with Crippen molar-refractivity contribution in [3.05, 3.63) is 46.3 Å². The first-order valence-electron chi connectivity index (χ1n) is 5.49. The summed E-state index contributed by atoms with van der Waals surface area (Å²) in [5.74, 6) is 0. The number of thioether (sulfide) groups is 1. The molecule has 2 rings (SSSR count). The van der Waals surface area contributed by atoms with Gasteiger partial charge in [0.2, 0.25) is 9.84 Å². The summed E-state index contributed by atoms with van der Waals surface area (Å²) in [7, 11) is -3.86. The summed E-state index contributed by atoms with van der Waals surface area (Å²) in [6.45, 7) is 0. The zero-order valence-corrected chi connectivity index (χ0v) is 12.9. The number of nitrogens with zero attached hydrogens (tertiary/aromatic N) is 2. The van der Waals surface area contributed by atoms with Crippen molar-refractivity contribution in [3.63, 3.8) is 0 Å². The van der Waals surface area contributed by atoms with Crippen molar-refractivity contribution in [1.82, 2.24) is 4.98 Å². The lowest BCUT2D eigenvalue weighted by Crippen LogP contribution is -2.05. The smallest absolute Gasteiger partial charge is 0.233 e. The van der Waals surface area contributed by atoms with E-state index in [1.165, 1.54) is 29.7 Å². The molecule has 0 aromatic carbocycles. The van der Waals surface area contributed by atoms with Crippen LogP contribution < -0.4 is 0 Å². The molecule has 0 aliphatic heterocycles. The Morgan fingerprint density at radius 3 is 2.75 bits per heavy atom. The highest BCUT2D eigenvalue weighted by molar-refractivity contribution is 8.00. The molecule has 0 aliphatic rings. The number of sulfone groups is 1. The summed E-state index contributed by atoms with van der Waals surface area (Å²) in [4.78, 5) is 4.23. The third kappa shape index (κ3) is 3.10. The fourth-order valence-corrected chi connectivity index (χ4v) is 4.11. The van der Waals surface area contributed by atoms with Crippen LogP contribution in [0.2, 0.25) is 0 Å². The molecule has 0 fully saturated rings. The predicted molar refractivity (Wildman–Crippen MR) is 81.1 cm³/mol. The van der Waals surface area contributed by atoms with Gasteiger partial charge in [0.1, 0.15) is 6.07 Å². The first-order chi connectivity index (χ1) is 9.57. The molecule has 2 aromatic rings. The standard InChI is InChI=1S/C13H10N2O2S3/c1-18-13-6-5-10(19-13)8-11(9-14)20(16,17)12-4-2-3-7-15-12/h2-8H,1H3/b11-8+. The van der Waals surface area contributed by atoms with E-state index in [4.69, 9.17) is 5.26 Å². The van der Waals surface area contributed by atoms with E-state index in [0.29, 0.717) is 0 Å². The van der Waals surface area contributed by atoms with E-state index in [1.807, 2.05) is 12.3 Å². The summed E-state index contributed by atoms with van der Waals surface area (Å²) in [6, 6.07) is 10.0. The van der Waals surface area contributed by atoms with Gasteiger partial charge in [-0.15, -0.1) is 23.1 Å². The number of hydrogen-bond acceptors (Lipinski definition) is 6. The molecule has 7 heteroatoms. The Hall–Kier alpha value is -1.62. The van der Waals surface area contributed by atoms with E-state index in [0.717, 1.165) is 9.09 Å². The van der Waals surface area contributed by atoms with E-state index in [-0.39, 0.29) is 9.93 Å². The van der Waals surface area contributed by atoms with Gasteiger partial charge in [0, 0.05) is 11.1 Å². The molecule has 0 bridgehead atoms. The van der Waals surface area contributed by atoms with E-state index in [1.54, 1.807) is 36.0 Å². The minimum atomic E-state index is -3.86. The van der Waals surface area contributed by atoms with Gasteiger partial charge in [-0.25, -0.2) is 13.4 Å². The van der Waals surface area contributed by atoms with Crippen LogP contribution in [0.5, 0.6) is 0 Å². The molecular formula is C13H10N2O2S3. The zero-order valence-electron chi connectivity index (χ0n) is 10.5. The molecule has 0 saturated heterocycles. The lowest BCUT2D eigenvalue weighted by molar-refractivity contribution is 0.600. The van der Waals surface area contributed by atoms with Gasteiger partial charge in [0.05, 0.1) is 4.21 Å². The number of nitriles is 1. The molecule has 0 aliphatic carbocycles. The van der Waals surface area contributed by atoms with Crippen LogP contribution in [0.1, 0.15) is 4.88 Å². The summed E-state index contributed by atoms with van der Waals surface area (Å²) >= 11 is 3.01. The highest BCUT2D eigenvalue weighted by Crippen LogP contribution is 2.28. The van der Waals surface area contributed by atoms with Gasteiger partial charge in [0.25, 0.3) is 0 Å². The molecule has 2 heterocycles. The number of aromatic nitrogens is 1. The molecule has 4 nitrogen and oxygen atoms in total. The minimum Gasteiger partial charge on any atom is -0.244 e. The van der Waals surface area contributed by atoms with Crippen molar-refractivity contribution < 1.29 is 8.42 Å². The van der Waals surface area contributed by atoms with Crippen molar-refractivity contribution in [1.29, 1.82) is 5.26 Å². The summed E-state index contributed by atoms with van der Waals surface area (Å²) < 4.78 is 25.6. The van der Waals surface area contributed by atoms with Crippen molar-refractivity contribution >= 4 is 39.0 Å². The topological polar surface area (TPSA) is 70.8 Å². The van der Waals surface area contributed by atoms with Crippen molar-refractivity contribution in [2.45, 2.75) is 9.24 Å². The Bertz CT molecular complexity index is 771. The van der Waals surface area contributed by atoms with Crippen LogP contribution in [-0.2, 0) is 9.84 Å². The van der Waals surface area contributed by atoms with Gasteiger partial charge in [0.15, 0.2) is 9.93 Å². The van der Waals surface area contributed by atoms with Crippen molar-refractivity contribution in [2.75, 3.05) is 6.26 Å². The maximum atomic E-state index is 12.3. The second kappa shape index (κ2) is 6.22. The Kier molecular flexibility index (Phi) is 4.60. The van der Waals surface area contributed by atoms with Crippen LogP contribution in [-0.4, -0.2) is 19.7 Å². The third-order valence-corrected chi connectivity index (χ3v) is 6.09. The average Bonchev–Trinajstić information content (AvgIpc) is 2.93. The zero-order chi connectivity index (χ0) is 14.6. The molecule has 0 spiro atoms. The Morgan fingerprint density at radius 1 is 1.40 bits per heavy atom. The van der Waals surface area contributed by atoms with Gasteiger partial charge in [-0.05, 0) is 36.6 Å². The molecule has 0 saturated carbocycles. The highest BCUT2D eigenvalue weighted by Gasteiger charge is 2.22. The Morgan fingerprint density at radius 2 is 2.20 bits per heavy atom. The summed E-state index contributed by atoms with van der Waals surface area (Å²) in [5, 5.41) is 9.01. The normalized spacial score (nSPS) is 12.1. The van der Waals surface area contributed by atoms with Gasteiger partial charge < -0.3 is 0 Å². The van der Waals surface area contributed by atoms with E-state index in [2.05, 4.69) is 4.98 Å². The minimum absolute atomic E-state index is 0.116. The van der Waals surface area contributed by atoms with Crippen LogP contribution in [0.25, 0.3) is 6.08 Å². The number of allylic oxidation sites excluding steroid dienone is 1. The molecule has 102 valence electrons. The molecule has 0 N–H and O–H groups in total. The average molecular weight is 322 g/mol.